The first-order valence-corrected chi connectivity index (χ1v) is 12.2. The minimum absolute atomic E-state index is 0.0204. The Balaban J connectivity index is 1.40. The fourth-order valence-corrected chi connectivity index (χ4v) is 4.89. The van der Waals surface area contributed by atoms with E-state index in [2.05, 4.69) is 10.3 Å². The van der Waals surface area contributed by atoms with Gasteiger partial charge in [-0.2, -0.15) is 0 Å². The van der Waals surface area contributed by atoms with Crippen molar-refractivity contribution >= 4 is 28.9 Å². The number of aliphatic hydroxyl groups is 2. The average molecular weight is 504 g/mol. The molecule has 10 heteroatoms. The van der Waals surface area contributed by atoms with Crippen LogP contribution in [-0.2, 0) is 28.2 Å². The summed E-state index contributed by atoms with van der Waals surface area (Å²) in [5, 5.41) is 28.9. The Bertz CT molecular complexity index is 1370. The highest BCUT2D eigenvalue weighted by molar-refractivity contribution is 6.09. The molecule has 192 valence electrons. The Morgan fingerprint density at radius 1 is 1.19 bits per heavy atom. The Labute approximate surface area is 214 Å². The molecule has 2 amide bonds. The molecule has 2 aliphatic heterocycles. The van der Waals surface area contributed by atoms with Gasteiger partial charge in [-0.25, -0.2) is 0 Å². The van der Waals surface area contributed by atoms with Gasteiger partial charge in [-0.15, -0.1) is 5.10 Å². The first-order valence-electron chi connectivity index (χ1n) is 12.2. The van der Waals surface area contributed by atoms with Crippen LogP contribution in [0.3, 0.4) is 0 Å². The van der Waals surface area contributed by atoms with Crippen molar-refractivity contribution in [1.82, 2.24) is 15.0 Å². The van der Waals surface area contributed by atoms with E-state index in [9.17, 15) is 14.7 Å². The van der Waals surface area contributed by atoms with Crippen LogP contribution in [0.1, 0.15) is 24.6 Å². The maximum Gasteiger partial charge on any atom is 0.269 e. The van der Waals surface area contributed by atoms with Gasteiger partial charge in [-0.05, 0) is 36.8 Å². The maximum absolute atomic E-state index is 13.3. The summed E-state index contributed by atoms with van der Waals surface area (Å²) in [6, 6.07) is 12.5. The van der Waals surface area contributed by atoms with Crippen molar-refractivity contribution in [2.45, 2.75) is 31.9 Å². The lowest BCUT2D eigenvalue weighted by Crippen LogP contribution is -2.43. The molecule has 37 heavy (non-hydrogen) atoms. The van der Waals surface area contributed by atoms with Gasteiger partial charge in [0, 0.05) is 50.0 Å². The van der Waals surface area contributed by atoms with Gasteiger partial charge in [0.05, 0.1) is 17.1 Å². The van der Waals surface area contributed by atoms with Crippen molar-refractivity contribution in [2.24, 2.45) is 5.92 Å². The zero-order valence-corrected chi connectivity index (χ0v) is 20.7. The third kappa shape index (κ3) is 4.28. The number of rotatable bonds is 8. The highest BCUT2D eigenvalue weighted by Crippen LogP contribution is 2.47. The summed E-state index contributed by atoms with van der Waals surface area (Å²) >= 11 is 0. The number of anilines is 3. The molecule has 3 heterocycles. The number of carbonyl (C=O) groups excluding carboxylic acids is 2. The molecule has 3 aromatic rings. The van der Waals surface area contributed by atoms with E-state index in [4.69, 9.17) is 9.84 Å². The van der Waals surface area contributed by atoms with E-state index in [0.717, 1.165) is 5.69 Å². The zero-order valence-electron chi connectivity index (χ0n) is 20.7. The first-order chi connectivity index (χ1) is 17.8. The van der Waals surface area contributed by atoms with Gasteiger partial charge >= 0.3 is 0 Å². The summed E-state index contributed by atoms with van der Waals surface area (Å²) in [4.78, 5) is 29.1. The minimum Gasteiger partial charge on any atom is -0.482 e. The lowest BCUT2D eigenvalue weighted by molar-refractivity contribution is -0.139. The van der Waals surface area contributed by atoms with Gasteiger partial charge < -0.3 is 19.8 Å². The van der Waals surface area contributed by atoms with E-state index in [1.165, 1.54) is 4.90 Å². The van der Waals surface area contributed by atoms with E-state index in [1.807, 2.05) is 24.3 Å². The Morgan fingerprint density at radius 3 is 2.81 bits per heavy atom. The van der Waals surface area contributed by atoms with E-state index < -0.39 is 17.4 Å². The lowest BCUT2D eigenvalue weighted by atomic mass is 9.82. The molecule has 0 radical (unpaired) electrons. The first kappa shape index (κ1) is 24.7. The van der Waals surface area contributed by atoms with E-state index in [-0.39, 0.29) is 19.1 Å². The summed E-state index contributed by atoms with van der Waals surface area (Å²) in [5.74, 6) is -0.593. The van der Waals surface area contributed by atoms with E-state index in [0.29, 0.717) is 47.8 Å². The number of hydrogen-bond acceptors (Lipinski definition) is 7. The summed E-state index contributed by atoms with van der Waals surface area (Å²) < 4.78 is 7.26. The molecule has 10 nitrogen and oxygen atoms in total. The average Bonchev–Trinajstić information content (AvgIpc) is 3.43. The largest absolute Gasteiger partial charge is 0.482 e. The number of hydrogen-bond donors (Lipinski definition) is 2. The molecular formula is C27H29N5O5. The van der Waals surface area contributed by atoms with Crippen molar-refractivity contribution in [3.8, 4) is 5.75 Å². The topological polar surface area (TPSA) is 121 Å². The second-order valence-corrected chi connectivity index (χ2v) is 9.27. The summed E-state index contributed by atoms with van der Waals surface area (Å²) in [6.45, 7) is 2.30. The van der Waals surface area contributed by atoms with Gasteiger partial charge in [-0.1, -0.05) is 36.4 Å². The van der Waals surface area contributed by atoms with Crippen LogP contribution in [0.5, 0.6) is 5.75 Å². The molecule has 0 bridgehead atoms. The molecule has 2 aromatic carbocycles. The van der Waals surface area contributed by atoms with Crippen LogP contribution in [0.2, 0.25) is 0 Å². The summed E-state index contributed by atoms with van der Waals surface area (Å²) in [5.41, 5.74) is 1.17. The van der Waals surface area contributed by atoms with E-state index in [1.54, 1.807) is 60.1 Å². The van der Waals surface area contributed by atoms with Crippen LogP contribution in [0.4, 0.5) is 17.1 Å². The number of amides is 2. The SMILES string of the molecule is C[C@H](/C=C/CCn1cc(CCO)nn1)[C@@]1(O)C(=O)N(C)c2ccc(N3C(=O)COc4ccccc43)cc21. The van der Waals surface area contributed by atoms with Crippen molar-refractivity contribution in [1.29, 1.82) is 0 Å². The quantitative estimate of drug-likeness (QED) is 0.453. The minimum atomic E-state index is -1.78. The standard InChI is InChI=1S/C27H29N5O5/c1-18(7-5-6-13-31-16-19(12-14-33)28-29-31)27(36)21-15-20(10-11-22(21)30(2)26(27)35)32-23-8-3-4-9-24(23)37-17-25(32)34/h3-5,7-11,15-16,18,33,36H,6,12-14,17H2,1-2H3/b7-5+/t18-,27+/m1/s1. The van der Waals surface area contributed by atoms with Crippen LogP contribution in [0, 0.1) is 5.92 Å². The number of para-hydroxylation sites is 2. The highest BCUT2D eigenvalue weighted by atomic mass is 16.5. The number of fused-ring (bicyclic) bond motifs is 2. The number of aryl methyl sites for hydroxylation is 1. The molecule has 2 aliphatic rings. The number of carbonyl (C=O) groups is 2. The molecule has 0 aliphatic carbocycles. The molecule has 2 atom stereocenters. The van der Waals surface area contributed by atoms with Crippen molar-refractivity contribution in [3.63, 3.8) is 0 Å². The second kappa shape index (κ2) is 9.79. The monoisotopic (exact) mass is 503 g/mol. The van der Waals surface area contributed by atoms with Crippen molar-refractivity contribution in [3.05, 3.63) is 72.1 Å². The zero-order chi connectivity index (χ0) is 26.2. The van der Waals surface area contributed by atoms with Gasteiger partial charge in [0.25, 0.3) is 11.8 Å². The Hall–Kier alpha value is -4.02. The number of aliphatic hydroxyl groups excluding tert-OH is 1. The molecule has 0 fully saturated rings. The molecule has 0 saturated carbocycles. The maximum atomic E-state index is 13.3. The normalized spacial score (nSPS) is 19.8. The predicted molar refractivity (Wildman–Crippen MR) is 137 cm³/mol. The van der Waals surface area contributed by atoms with Gasteiger partial charge in [0.15, 0.2) is 12.2 Å². The molecule has 5 rings (SSSR count). The van der Waals surface area contributed by atoms with Crippen molar-refractivity contribution in [2.75, 3.05) is 30.1 Å². The Kier molecular flexibility index (Phi) is 6.53. The Morgan fingerprint density at radius 2 is 2.00 bits per heavy atom. The van der Waals surface area contributed by atoms with Crippen molar-refractivity contribution < 1.29 is 24.5 Å². The molecule has 0 unspecified atom stereocenters. The second-order valence-electron chi connectivity index (χ2n) is 9.27. The third-order valence-electron chi connectivity index (χ3n) is 6.91. The number of ether oxygens (including phenoxy) is 1. The number of likely N-dealkylation sites (N-methyl/N-ethyl adjacent to an activating group) is 1. The molecule has 1 aromatic heterocycles. The van der Waals surface area contributed by atoms with Crippen LogP contribution in [0.15, 0.2) is 60.8 Å². The van der Waals surface area contributed by atoms with Crippen LogP contribution in [0.25, 0.3) is 0 Å². The van der Waals surface area contributed by atoms with Gasteiger partial charge in [0.2, 0.25) is 0 Å². The molecule has 0 spiro atoms. The number of aromatic nitrogens is 3. The summed E-state index contributed by atoms with van der Waals surface area (Å²) in [7, 11) is 1.64. The summed E-state index contributed by atoms with van der Waals surface area (Å²) in [6.07, 6.45) is 6.61. The molecule has 0 saturated heterocycles. The third-order valence-corrected chi connectivity index (χ3v) is 6.91. The fraction of sp³-hybridized carbons (Fsp3) is 0.333. The van der Waals surface area contributed by atoms with Gasteiger partial charge in [0.1, 0.15) is 5.75 Å². The smallest absolute Gasteiger partial charge is 0.269 e. The van der Waals surface area contributed by atoms with Crippen LogP contribution >= 0.6 is 0 Å². The van der Waals surface area contributed by atoms with Gasteiger partial charge in [-0.3, -0.25) is 19.2 Å². The molecule has 2 N–H and O–H groups in total. The lowest BCUT2D eigenvalue weighted by Gasteiger charge is -2.31. The predicted octanol–water partition coefficient (Wildman–Crippen LogP) is 2.32. The highest BCUT2D eigenvalue weighted by Gasteiger charge is 2.51. The van der Waals surface area contributed by atoms with Crippen LogP contribution < -0.4 is 14.5 Å². The fourth-order valence-electron chi connectivity index (χ4n) is 4.89. The number of allylic oxidation sites excluding steroid dienone is 1. The van der Waals surface area contributed by atoms with E-state index >= 15 is 0 Å². The number of benzene rings is 2. The van der Waals surface area contributed by atoms with Crippen LogP contribution in [-0.4, -0.2) is 57.3 Å². The molecular weight excluding hydrogens is 474 g/mol. The number of nitrogens with zero attached hydrogens (tertiary/aromatic N) is 5.